The lowest BCUT2D eigenvalue weighted by Crippen LogP contribution is -2.50. The van der Waals surface area contributed by atoms with Crippen LogP contribution < -0.4 is 4.74 Å². The molecule has 4 nitrogen and oxygen atoms in total. The molecule has 2 rings (SSSR count). The normalized spacial score (nSPS) is 18.2. The Kier molecular flexibility index (Phi) is 4.37. The molecule has 0 bridgehead atoms. The van der Waals surface area contributed by atoms with Crippen LogP contribution in [0.15, 0.2) is 24.3 Å². The Morgan fingerprint density at radius 3 is 2.37 bits per heavy atom. The van der Waals surface area contributed by atoms with Crippen LogP contribution in [-0.4, -0.2) is 55.0 Å². The Morgan fingerprint density at radius 1 is 1.21 bits per heavy atom. The summed E-state index contributed by atoms with van der Waals surface area (Å²) in [5, 5.41) is 0. The summed E-state index contributed by atoms with van der Waals surface area (Å²) in [6.07, 6.45) is -0.547. The minimum absolute atomic E-state index is 0.0163. The molecule has 0 unspecified atom stereocenters. The number of ether oxygens (including phenoxy) is 1. The standard InChI is InChI=1S/C14H19FN2O2/c1-11(19-13-5-3-12(15)4-6-13)14(18)17-9-7-16(2)8-10-17/h3-6,11H,7-10H2,1-2H3/t11-/m0/s1. The molecule has 1 aromatic rings. The van der Waals surface area contributed by atoms with Crippen LogP contribution in [0.1, 0.15) is 6.92 Å². The second kappa shape index (κ2) is 6.02. The highest BCUT2D eigenvalue weighted by atomic mass is 19.1. The average Bonchev–Trinajstić information content (AvgIpc) is 2.41. The second-order valence-corrected chi connectivity index (χ2v) is 4.84. The highest BCUT2D eigenvalue weighted by Crippen LogP contribution is 2.14. The number of halogens is 1. The Balaban J connectivity index is 1.90. The molecular weight excluding hydrogens is 247 g/mol. The van der Waals surface area contributed by atoms with E-state index in [1.54, 1.807) is 6.92 Å². The van der Waals surface area contributed by atoms with Crippen molar-refractivity contribution in [3.8, 4) is 5.75 Å². The van der Waals surface area contributed by atoms with E-state index in [0.717, 1.165) is 26.2 Å². The van der Waals surface area contributed by atoms with Crippen molar-refractivity contribution in [2.75, 3.05) is 33.2 Å². The lowest BCUT2D eigenvalue weighted by molar-refractivity contribution is -0.139. The molecule has 1 saturated heterocycles. The minimum Gasteiger partial charge on any atom is -0.481 e. The SMILES string of the molecule is C[C@H](Oc1ccc(F)cc1)C(=O)N1CCN(C)CC1. The number of hydrogen-bond donors (Lipinski definition) is 0. The van der Waals surface area contributed by atoms with Crippen LogP contribution in [-0.2, 0) is 4.79 Å². The van der Waals surface area contributed by atoms with Crippen molar-refractivity contribution in [2.45, 2.75) is 13.0 Å². The first kappa shape index (κ1) is 13.8. The maximum absolute atomic E-state index is 12.8. The van der Waals surface area contributed by atoms with E-state index in [1.807, 2.05) is 11.9 Å². The van der Waals surface area contributed by atoms with E-state index in [1.165, 1.54) is 24.3 Å². The Hall–Kier alpha value is -1.62. The topological polar surface area (TPSA) is 32.8 Å². The molecule has 104 valence electrons. The first-order chi connectivity index (χ1) is 9.06. The van der Waals surface area contributed by atoms with E-state index in [4.69, 9.17) is 4.74 Å². The van der Waals surface area contributed by atoms with Crippen molar-refractivity contribution in [1.82, 2.24) is 9.80 Å². The summed E-state index contributed by atoms with van der Waals surface area (Å²) in [6, 6.07) is 5.71. The number of piperazine rings is 1. The first-order valence-electron chi connectivity index (χ1n) is 6.46. The first-order valence-corrected chi connectivity index (χ1v) is 6.46. The van der Waals surface area contributed by atoms with Crippen molar-refractivity contribution >= 4 is 5.91 Å². The number of benzene rings is 1. The molecular formula is C14H19FN2O2. The molecule has 1 atom stereocenters. The van der Waals surface area contributed by atoms with Crippen LogP contribution in [0.4, 0.5) is 4.39 Å². The van der Waals surface area contributed by atoms with E-state index < -0.39 is 6.10 Å². The van der Waals surface area contributed by atoms with Gasteiger partial charge in [-0.25, -0.2) is 4.39 Å². The quantitative estimate of drug-likeness (QED) is 0.828. The highest BCUT2D eigenvalue weighted by Gasteiger charge is 2.24. The minimum atomic E-state index is -0.547. The van der Waals surface area contributed by atoms with Gasteiger partial charge in [-0.2, -0.15) is 0 Å². The number of carbonyl (C=O) groups is 1. The molecule has 0 saturated carbocycles. The summed E-state index contributed by atoms with van der Waals surface area (Å²) >= 11 is 0. The number of amides is 1. The van der Waals surface area contributed by atoms with Crippen molar-refractivity contribution in [1.29, 1.82) is 0 Å². The van der Waals surface area contributed by atoms with Gasteiger partial charge in [-0.3, -0.25) is 4.79 Å². The molecule has 1 aliphatic heterocycles. The zero-order chi connectivity index (χ0) is 13.8. The zero-order valence-electron chi connectivity index (χ0n) is 11.3. The summed E-state index contributed by atoms with van der Waals surface area (Å²) in [7, 11) is 2.04. The van der Waals surface area contributed by atoms with Gasteiger partial charge in [-0.1, -0.05) is 0 Å². The third-order valence-corrected chi connectivity index (χ3v) is 3.29. The third kappa shape index (κ3) is 3.67. The van der Waals surface area contributed by atoms with Gasteiger partial charge in [-0.15, -0.1) is 0 Å². The maximum atomic E-state index is 12.8. The van der Waals surface area contributed by atoms with Gasteiger partial charge in [-0.05, 0) is 38.2 Å². The third-order valence-electron chi connectivity index (χ3n) is 3.29. The zero-order valence-corrected chi connectivity index (χ0v) is 11.3. The molecule has 1 amide bonds. The molecule has 1 fully saturated rings. The molecule has 0 aliphatic carbocycles. The monoisotopic (exact) mass is 266 g/mol. The Bertz CT molecular complexity index is 428. The molecule has 1 aliphatic rings. The van der Waals surface area contributed by atoms with Crippen molar-refractivity contribution in [3.05, 3.63) is 30.1 Å². The molecule has 0 radical (unpaired) electrons. The van der Waals surface area contributed by atoms with Crippen molar-refractivity contribution in [3.63, 3.8) is 0 Å². The summed E-state index contributed by atoms with van der Waals surface area (Å²) < 4.78 is 18.3. The van der Waals surface area contributed by atoms with E-state index in [0.29, 0.717) is 5.75 Å². The number of carbonyl (C=O) groups excluding carboxylic acids is 1. The number of rotatable bonds is 3. The lowest BCUT2D eigenvalue weighted by atomic mass is 10.2. The molecule has 0 aromatic heterocycles. The van der Waals surface area contributed by atoms with Gasteiger partial charge in [0, 0.05) is 26.2 Å². The Labute approximate surface area is 112 Å². The molecule has 19 heavy (non-hydrogen) atoms. The fraction of sp³-hybridized carbons (Fsp3) is 0.500. The lowest BCUT2D eigenvalue weighted by Gasteiger charge is -2.33. The summed E-state index contributed by atoms with van der Waals surface area (Å²) in [5.41, 5.74) is 0. The fourth-order valence-corrected chi connectivity index (χ4v) is 2.05. The predicted molar refractivity (Wildman–Crippen MR) is 70.6 cm³/mol. The molecule has 0 N–H and O–H groups in total. The number of hydrogen-bond acceptors (Lipinski definition) is 3. The van der Waals surface area contributed by atoms with Gasteiger partial charge in [0.05, 0.1) is 0 Å². The fourth-order valence-electron chi connectivity index (χ4n) is 2.05. The highest BCUT2D eigenvalue weighted by molar-refractivity contribution is 5.81. The number of likely N-dealkylation sites (N-methyl/N-ethyl adjacent to an activating group) is 1. The van der Waals surface area contributed by atoms with Gasteiger partial charge in [0.25, 0.3) is 5.91 Å². The van der Waals surface area contributed by atoms with E-state index in [9.17, 15) is 9.18 Å². The van der Waals surface area contributed by atoms with Gasteiger partial charge < -0.3 is 14.5 Å². The van der Waals surface area contributed by atoms with Crippen LogP contribution >= 0.6 is 0 Å². The van der Waals surface area contributed by atoms with Crippen LogP contribution in [0.2, 0.25) is 0 Å². The van der Waals surface area contributed by atoms with Crippen LogP contribution in [0.3, 0.4) is 0 Å². The summed E-state index contributed by atoms with van der Waals surface area (Å²) in [5.74, 6) is 0.180. The summed E-state index contributed by atoms with van der Waals surface area (Å²) in [6.45, 7) is 4.95. The molecule has 5 heteroatoms. The average molecular weight is 266 g/mol. The number of nitrogens with zero attached hydrogens (tertiary/aromatic N) is 2. The predicted octanol–water partition coefficient (Wildman–Crippen LogP) is 1.37. The van der Waals surface area contributed by atoms with Gasteiger partial charge in [0.15, 0.2) is 6.10 Å². The van der Waals surface area contributed by atoms with Crippen molar-refractivity contribution < 1.29 is 13.9 Å². The van der Waals surface area contributed by atoms with E-state index in [2.05, 4.69) is 4.90 Å². The molecule has 1 heterocycles. The van der Waals surface area contributed by atoms with Crippen molar-refractivity contribution in [2.24, 2.45) is 0 Å². The van der Waals surface area contributed by atoms with Crippen LogP contribution in [0.25, 0.3) is 0 Å². The van der Waals surface area contributed by atoms with Gasteiger partial charge >= 0.3 is 0 Å². The second-order valence-electron chi connectivity index (χ2n) is 4.84. The van der Waals surface area contributed by atoms with E-state index in [-0.39, 0.29) is 11.7 Å². The van der Waals surface area contributed by atoms with Gasteiger partial charge in [0.1, 0.15) is 11.6 Å². The smallest absolute Gasteiger partial charge is 0.263 e. The van der Waals surface area contributed by atoms with Crippen LogP contribution in [0.5, 0.6) is 5.75 Å². The largest absolute Gasteiger partial charge is 0.481 e. The van der Waals surface area contributed by atoms with E-state index >= 15 is 0 Å². The van der Waals surface area contributed by atoms with Gasteiger partial charge in [0.2, 0.25) is 0 Å². The Morgan fingerprint density at radius 2 is 1.79 bits per heavy atom. The maximum Gasteiger partial charge on any atom is 0.263 e. The molecule has 0 spiro atoms. The van der Waals surface area contributed by atoms with Crippen LogP contribution in [0, 0.1) is 5.82 Å². The summed E-state index contributed by atoms with van der Waals surface area (Å²) in [4.78, 5) is 16.2. The molecule has 1 aromatic carbocycles.